The Bertz CT molecular complexity index is 1110. The molecule has 33 heavy (non-hydrogen) atoms. The zero-order chi connectivity index (χ0) is 22.9. The first-order valence-electron chi connectivity index (χ1n) is 11.3. The van der Waals surface area contributed by atoms with Crippen molar-refractivity contribution in [3.63, 3.8) is 0 Å². The number of aromatic nitrogens is 1. The molecule has 1 aliphatic carbocycles. The van der Waals surface area contributed by atoms with Gasteiger partial charge in [-0.2, -0.15) is 0 Å². The highest BCUT2D eigenvalue weighted by atomic mass is 32.1. The predicted octanol–water partition coefficient (Wildman–Crippen LogP) is 4.61. The van der Waals surface area contributed by atoms with Crippen LogP contribution >= 0.6 is 11.3 Å². The average molecular weight is 467 g/mol. The van der Waals surface area contributed by atoms with E-state index in [-0.39, 0.29) is 29.5 Å². The van der Waals surface area contributed by atoms with Crippen LogP contribution in [0.5, 0.6) is 11.5 Å². The fourth-order valence-electron chi connectivity index (χ4n) is 4.92. The number of ether oxygens (including phenoxy) is 3. The number of anilines is 1. The molecule has 3 atom stereocenters. The summed E-state index contributed by atoms with van der Waals surface area (Å²) in [6.45, 7) is 6.38. The number of carbonyl (C=O) groups excluding carboxylic acids is 2. The van der Waals surface area contributed by atoms with E-state index in [1.54, 1.807) is 17.2 Å². The first-order valence-corrected chi connectivity index (χ1v) is 12.2. The number of benzene rings is 1. The average Bonchev–Trinajstić information content (AvgIpc) is 3.45. The summed E-state index contributed by atoms with van der Waals surface area (Å²) >= 11 is 1.36. The van der Waals surface area contributed by atoms with Crippen LogP contribution in [0.2, 0.25) is 0 Å². The Labute approximate surface area is 196 Å². The third-order valence-corrected chi connectivity index (χ3v) is 7.10. The van der Waals surface area contributed by atoms with Gasteiger partial charge in [0.05, 0.1) is 24.1 Å². The van der Waals surface area contributed by atoms with Crippen molar-refractivity contribution in [3.05, 3.63) is 59.3 Å². The summed E-state index contributed by atoms with van der Waals surface area (Å²) < 4.78 is 17.8. The van der Waals surface area contributed by atoms with Gasteiger partial charge in [-0.15, -0.1) is 11.3 Å². The lowest BCUT2D eigenvalue weighted by molar-refractivity contribution is -0.131. The number of Topliss-reactive ketones (excluding diaryl/α,β-unsaturated/α-hetero) is 1. The summed E-state index contributed by atoms with van der Waals surface area (Å²) in [6.07, 6.45) is 6.69. The molecule has 8 heteroatoms. The van der Waals surface area contributed by atoms with Gasteiger partial charge in [0.25, 0.3) is 5.91 Å². The molecule has 0 radical (unpaired) electrons. The van der Waals surface area contributed by atoms with Crippen LogP contribution < -0.4 is 14.4 Å². The van der Waals surface area contributed by atoms with E-state index >= 15 is 0 Å². The SMILES string of the molecule is C=CCOc1ccc(C2C3=C(OC4CCCCC4C3=O)C(=O)N2c2nccs2)cc1OCC. The Balaban J connectivity index is 1.62. The molecule has 1 fully saturated rings. The van der Waals surface area contributed by atoms with Gasteiger partial charge in [0.15, 0.2) is 28.2 Å². The van der Waals surface area contributed by atoms with Gasteiger partial charge in [0.2, 0.25) is 0 Å². The molecule has 2 aromatic rings. The first kappa shape index (κ1) is 21.7. The van der Waals surface area contributed by atoms with Gasteiger partial charge >= 0.3 is 0 Å². The Morgan fingerprint density at radius 1 is 1.24 bits per heavy atom. The van der Waals surface area contributed by atoms with E-state index in [1.165, 1.54) is 11.3 Å². The second-order valence-corrected chi connectivity index (χ2v) is 9.16. The van der Waals surface area contributed by atoms with E-state index in [2.05, 4.69) is 11.6 Å². The molecule has 3 aliphatic rings. The van der Waals surface area contributed by atoms with Crippen LogP contribution in [0.3, 0.4) is 0 Å². The number of fused-ring (bicyclic) bond motifs is 1. The summed E-state index contributed by atoms with van der Waals surface area (Å²) in [5.74, 6) is 0.810. The number of rotatable bonds is 7. The van der Waals surface area contributed by atoms with Crippen molar-refractivity contribution >= 4 is 28.2 Å². The molecular weight excluding hydrogens is 440 g/mol. The van der Waals surface area contributed by atoms with Gasteiger partial charge in [-0.3, -0.25) is 14.5 Å². The summed E-state index contributed by atoms with van der Waals surface area (Å²) in [7, 11) is 0. The van der Waals surface area contributed by atoms with Crippen LogP contribution in [0.1, 0.15) is 44.2 Å². The van der Waals surface area contributed by atoms with Crippen molar-refractivity contribution in [3.8, 4) is 11.5 Å². The molecule has 0 bridgehead atoms. The third kappa shape index (κ3) is 3.72. The topological polar surface area (TPSA) is 78.0 Å². The van der Waals surface area contributed by atoms with Crippen molar-refractivity contribution < 1.29 is 23.8 Å². The normalized spacial score (nSPS) is 24.3. The molecule has 0 saturated heterocycles. The van der Waals surface area contributed by atoms with E-state index in [9.17, 15) is 9.59 Å². The summed E-state index contributed by atoms with van der Waals surface area (Å²) in [5.41, 5.74) is 1.18. The van der Waals surface area contributed by atoms with E-state index in [4.69, 9.17) is 14.2 Å². The van der Waals surface area contributed by atoms with Gasteiger partial charge in [-0.1, -0.05) is 25.1 Å². The van der Waals surface area contributed by atoms with Crippen molar-refractivity contribution in [1.82, 2.24) is 4.98 Å². The van der Waals surface area contributed by atoms with Crippen LogP contribution in [0.25, 0.3) is 0 Å². The quantitative estimate of drug-likeness (QED) is 0.555. The molecule has 1 aromatic carbocycles. The summed E-state index contributed by atoms with van der Waals surface area (Å²) in [4.78, 5) is 33.2. The van der Waals surface area contributed by atoms with E-state index in [0.29, 0.717) is 35.4 Å². The second-order valence-electron chi connectivity index (χ2n) is 8.29. The molecule has 1 aromatic heterocycles. The van der Waals surface area contributed by atoms with Crippen LogP contribution in [-0.2, 0) is 14.3 Å². The minimum Gasteiger partial charge on any atom is -0.490 e. The Morgan fingerprint density at radius 3 is 2.85 bits per heavy atom. The van der Waals surface area contributed by atoms with Gasteiger partial charge in [-0.25, -0.2) is 4.98 Å². The number of hydrogen-bond donors (Lipinski definition) is 0. The molecule has 2 aliphatic heterocycles. The monoisotopic (exact) mass is 466 g/mol. The zero-order valence-corrected chi connectivity index (χ0v) is 19.3. The fourth-order valence-corrected chi connectivity index (χ4v) is 5.59. The lowest BCUT2D eigenvalue weighted by Crippen LogP contribution is -2.39. The maximum Gasteiger partial charge on any atom is 0.296 e. The van der Waals surface area contributed by atoms with Gasteiger partial charge in [0.1, 0.15) is 12.7 Å². The highest BCUT2D eigenvalue weighted by Gasteiger charge is 2.53. The lowest BCUT2D eigenvalue weighted by atomic mass is 9.77. The van der Waals surface area contributed by atoms with Crippen molar-refractivity contribution in [1.29, 1.82) is 0 Å². The van der Waals surface area contributed by atoms with Crippen LogP contribution in [-0.4, -0.2) is 36.0 Å². The van der Waals surface area contributed by atoms with Crippen molar-refractivity contribution in [2.45, 2.75) is 44.8 Å². The first-order chi connectivity index (χ1) is 16.1. The number of hydrogen-bond acceptors (Lipinski definition) is 7. The minimum atomic E-state index is -0.623. The third-order valence-electron chi connectivity index (χ3n) is 6.33. The predicted molar refractivity (Wildman–Crippen MR) is 125 cm³/mol. The zero-order valence-electron chi connectivity index (χ0n) is 18.5. The Hall–Kier alpha value is -3.13. The van der Waals surface area contributed by atoms with Crippen LogP contribution in [0, 0.1) is 5.92 Å². The smallest absolute Gasteiger partial charge is 0.296 e. The molecular formula is C25H26N2O5S. The molecule has 7 nitrogen and oxygen atoms in total. The molecule has 5 rings (SSSR count). The summed E-state index contributed by atoms with van der Waals surface area (Å²) in [5, 5.41) is 2.35. The molecule has 0 spiro atoms. The highest BCUT2D eigenvalue weighted by Crippen LogP contribution is 2.49. The summed E-state index contributed by atoms with van der Waals surface area (Å²) in [6, 6.07) is 4.90. The number of nitrogens with zero attached hydrogens (tertiary/aromatic N) is 2. The molecule has 1 saturated carbocycles. The Morgan fingerprint density at radius 2 is 2.09 bits per heavy atom. The molecule has 3 unspecified atom stereocenters. The maximum atomic E-state index is 13.7. The second kappa shape index (κ2) is 9.02. The number of ketones is 1. The maximum absolute atomic E-state index is 13.7. The van der Waals surface area contributed by atoms with Crippen LogP contribution in [0.15, 0.2) is 53.8 Å². The van der Waals surface area contributed by atoms with Gasteiger partial charge in [0, 0.05) is 11.6 Å². The molecule has 0 N–H and O–H groups in total. The van der Waals surface area contributed by atoms with Crippen molar-refractivity contribution in [2.75, 3.05) is 18.1 Å². The largest absolute Gasteiger partial charge is 0.490 e. The molecule has 1 amide bonds. The molecule has 3 heterocycles. The van der Waals surface area contributed by atoms with Crippen molar-refractivity contribution in [2.24, 2.45) is 5.92 Å². The fraction of sp³-hybridized carbons (Fsp3) is 0.400. The van der Waals surface area contributed by atoms with Crippen LogP contribution in [0.4, 0.5) is 5.13 Å². The Kier molecular flexibility index (Phi) is 5.93. The van der Waals surface area contributed by atoms with E-state index in [1.807, 2.05) is 30.5 Å². The van der Waals surface area contributed by atoms with Gasteiger partial charge in [-0.05, 0) is 43.9 Å². The number of thiazole rings is 1. The minimum absolute atomic E-state index is 0.0169. The lowest BCUT2D eigenvalue weighted by Gasteiger charge is -2.35. The molecule has 172 valence electrons. The van der Waals surface area contributed by atoms with E-state index in [0.717, 1.165) is 31.2 Å². The van der Waals surface area contributed by atoms with E-state index < -0.39 is 6.04 Å². The number of carbonyl (C=O) groups is 2. The number of amides is 1. The highest BCUT2D eigenvalue weighted by molar-refractivity contribution is 7.13. The van der Waals surface area contributed by atoms with Gasteiger partial charge < -0.3 is 14.2 Å². The standard InChI is InChI=1S/C25H26N2O5S/c1-3-12-31-18-10-9-15(14-19(18)30-4-2)21-20-22(28)16-7-5-6-8-17(16)32-23(20)24(29)27(21)25-26-11-13-33-25/h3,9-11,13-14,16-17,21H,1,4-8,12H2,2H3.